The number of aromatic nitrogens is 1. The van der Waals surface area contributed by atoms with Crippen LogP contribution < -0.4 is 0 Å². The van der Waals surface area contributed by atoms with Gasteiger partial charge >= 0.3 is 0 Å². The van der Waals surface area contributed by atoms with Gasteiger partial charge in [0.05, 0.1) is 24.3 Å². The van der Waals surface area contributed by atoms with Gasteiger partial charge in [0.1, 0.15) is 5.76 Å². The monoisotopic (exact) mass is 420 g/mol. The summed E-state index contributed by atoms with van der Waals surface area (Å²) in [5.41, 5.74) is 3.86. The summed E-state index contributed by atoms with van der Waals surface area (Å²) in [5, 5.41) is 11.2. The van der Waals surface area contributed by atoms with Crippen LogP contribution in [0.15, 0.2) is 48.3 Å². The molecule has 1 fully saturated rings. The number of hydrogen-bond donors (Lipinski definition) is 1. The number of aliphatic hydroxyl groups is 1. The molecule has 0 spiro atoms. The van der Waals surface area contributed by atoms with Crippen LogP contribution in [-0.2, 0) is 27.2 Å². The summed E-state index contributed by atoms with van der Waals surface area (Å²) in [5.74, 6) is -1.43. The zero-order chi connectivity index (χ0) is 22.0. The highest BCUT2D eigenvalue weighted by molar-refractivity contribution is 6.46. The fraction of sp³-hybridized carbons (Fsp3) is 0.400. The molecule has 1 atom stereocenters. The molecule has 0 bridgehead atoms. The third kappa shape index (κ3) is 4.26. The summed E-state index contributed by atoms with van der Waals surface area (Å²) >= 11 is 0. The molecule has 31 heavy (non-hydrogen) atoms. The number of aliphatic hydroxyl groups excluding tert-OH is 1. The smallest absolute Gasteiger partial charge is 0.295 e. The Morgan fingerprint density at radius 3 is 2.68 bits per heavy atom. The number of amides is 1. The van der Waals surface area contributed by atoms with Gasteiger partial charge in [-0.1, -0.05) is 18.2 Å². The van der Waals surface area contributed by atoms with Gasteiger partial charge in [0, 0.05) is 24.5 Å². The number of benzene rings is 1. The van der Waals surface area contributed by atoms with Crippen LogP contribution >= 0.6 is 0 Å². The van der Waals surface area contributed by atoms with Crippen LogP contribution in [0.4, 0.5) is 0 Å². The molecule has 1 unspecified atom stereocenters. The number of carbonyl (C=O) groups excluding carboxylic acids is 2. The van der Waals surface area contributed by atoms with E-state index in [2.05, 4.69) is 4.98 Å². The molecule has 2 aliphatic rings. The summed E-state index contributed by atoms with van der Waals surface area (Å²) < 4.78 is 5.61. The Kier molecular flexibility index (Phi) is 6.18. The number of ether oxygens (including phenoxy) is 1. The molecule has 1 N–H and O–H groups in total. The second-order valence-electron chi connectivity index (χ2n) is 8.39. The van der Waals surface area contributed by atoms with Crippen LogP contribution in [0.1, 0.15) is 55.0 Å². The standard InChI is InChI=1S/C25H28N2O4/c1-16(2)31-13-12-27-22(20-8-5-11-26-15-20)21(24(29)25(27)30)23(28)19-10-9-17-6-3-4-7-18(17)14-19/h5,8-11,14-16,22,28H,3-4,6-7,12-13H2,1-2H3/b23-21-. The van der Waals surface area contributed by atoms with E-state index in [1.165, 1.54) is 22.4 Å². The van der Waals surface area contributed by atoms with Crippen LogP contribution in [-0.4, -0.2) is 45.9 Å². The minimum Gasteiger partial charge on any atom is -0.507 e. The lowest BCUT2D eigenvalue weighted by molar-refractivity contribution is -0.140. The fourth-order valence-corrected chi connectivity index (χ4v) is 4.42. The number of carbonyl (C=O) groups is 2. The molecular weight excluding hydrogens is 392 g/mol. The van der Waals surface area contributed by atoms with Crippen molar-refractivity contribution in [2.24, 2.45) is 0 Å². The molecule has 1 aliphatic heterocycles. The number of rotatable bonds is 6. The van der Waals surface area contributed by atoms with E-state index in [0.717, 1.165) is 19.3 Å². The van der Waals surface area contributed by atoms with Gasteiger partial charge in [-0.3, -0.25) is 14.6 Å². The van der Waals surface area contributed by atoms with Gasteiger partial charge in [0.15, 0.2) is 0 Å². The van der Waals surface area contributed by atoms with Gasteiger partial charge in [-0.05, 0) is 68.4 Å². The van der Waals surface area contributed by atoms with Crippen molar-refractivity contribution in [3.05, 3.63) is 70.6 Å². The van der Waals surface area contributed by atoms with Crippen LogP contribution in [0, 0.1) is 0 Å². The minimum absolute atomic E-state index is 0.0177. The predicted octanol–water partition coefficient (Wildman–Crippen LogP) is 3.81. The summed E-state index contributed by atoms with van der Waals surface area (Å²) in [6.45, 7) is 4.40. The van der Waals surface area contributed by atoms with E-state index in [9.17, 15) is 14.7 Å². The summed E-state index contributed by atoms with van der Waals surface area (Å²) in [6, 6.07) is 8.71. The predicted molar refractivity (Wildman–Crippen MR) is 117 cm³/mol. The SMILES string of the molecule is CC(C)OCCN1C(=O)C(=O)/C(=C(\O)c2ccc3c(c2)CCCC3)C1c1cccnc1. The highest BCUT2D eigenvalue weighted by Gasteiger charge is 2.46. The van der Waals surface area contributed by atoms with E-state index >= 15 is 0 Å². The first kappa shape index (κ1) is 21.2. The second kappa shape index (κ2) is 9.02. The van der Waals surface area contributed by atoms with E-state index in [1.54, 1.807) is 18.5 Å². The molecule has 1 amide bonds. The maximum Gasteiger partial charge on any atom is 0.295 e. The van der Waals surface area contributed by atoms with E-state index in [0.29, 0.717) is 17.7 Å². The zero-order valence-corrected chi connectivity index (χ0v) is 18.0. The van der Waals surface area contributed by atoms with E-state index in [1.807, 2.05) is 38.1 Å². The van der Waals surface area contributed by atoms with E-state index in [-0.39, 0.29) is 24.0 Å². The lowest BCUT2D eigenvalue weighted by Crippen LogP contribution is -2.33. The highest BCUT2D eigenvalue weighted by atomic mass is 16.5. The number of nitrogens with zero attached hydrogens (tertiary/aromatic N) is 2. The Hall–Kier alpha value is -2.99. The van der Waals surface area contributed by atoms with E-state index < -0.39 is 17.7 Å². The first-order chi connectivity index (χ1) is 15.0. The average Bonchev–Trinajstić information content (AvgIpc) is 3.03. The van der Waals surface area contributed by atoms with Crippen molar-refractivity contribution in [2.75, 3.05) is 13.2 Å². The summed E-state index contributed by atoms with van der Waals surface area (Å²) in [7, 11) is 0. The summed E-state index contributed by atoms with van der Waals surface area (Å²) in [4.78, 5) is 31.6. The molecule has 162 valence electrons. The van der Waals surface area contributed by atoms with Crippen LogP contribution in [0.5, 0.6) is 0 Å². The maximum absolute atomic E-state index is 13.0. The Bertz CT molecular complexity index is 1010. The number of Topliss-reactive ketones (excluding diaryl/α,β-unsaturated/α-hetero) is 1. The van der Waals surface area contributed by atoms with Crippen LogP contribution in [0.25, 0.3) is 5.76 Å². The van der Waals surface area contributed by atoms with Crippen molar-refractivity contribution in [2.45, 2.75) is 51.7 Å². The van der Waals surface area contributed by atoms with Gasteiger partial charge < -0.3 is 14.7 Å². The Morgan fingerprint density at radius 1 is 1.19 bits per heavy atom. The van der Waals surface area contributed by atoms with Gasteiger partial charge in [-0.25, -0.2) is 0 Å². The molecule has 1 aromatic heterocycles. The Morgan fingerprint density at radius 2 is 1.97 bits per heavy atom. The largest absolute Gasteiger partial charge is 0.507 e. The van der Waals surface area contributed by atoms with Crippen molar-refractivity contribution < 1.29 is 19.4 Å². The number of ketones is 1. The third-order valence-corrected chi connectivity index (χ3v) is 5.95. The van der Waals surface area contributed by atoms with Crippen molar-refractivity contribution in [3.63, 3.8) is 0 Å². The number of fused-ring (bicyclic) bond motifs is 1. The molecule has 0 saturated carbocycles. The molecule has 0 radical (unpaired) electrons. The molecule has 1 aromatic carbocycles. The quantitative estimate of drug-likeness (QED) is 0.437. The molecule has 1 aliphatic carbocycles. The number of aryl methyl sites for hydroxylation is 2. The number of hydrogen-bond acceptors (Lipinski definition) is 5. The van der Waals surface area contributed by atoms with Crippen LogP contribution in [0.3, 0.4) is 0 Å². The zero-order valence-electron chi connectivity index (χ0n) is 18.0. The van der Waals surface area contributed by atoms with Crippen LogP contribution in [0.2, 0.25) is 0 Å². The van der Waals surface area contributed by atoms with Crippen molar-refractivity contribution in [1.29, 1.82) is 0 Å². The van der Waals surface area contributed by atoms with Gasteiger partial charge in [-0.15, -0.1) is 0 Å². The minimum atomic E-state index is -0.694. The Balaban J connectivity index is 1.76. The Labute approximate surface area is 182 Å². The van der Waals surface area contributed by atoms with Gasteiger partial charge in [0.25, 0.3) is 11.7 Å². The molecule has 1 saturated heterocycles. The van der Waals surface area contributed by atoms with Gasteiger partial charge in [0.2, 0.25) is 0 Å². The molecule has 6 nitrogen and oxygen atoms in total. The first-order valence-electron chi connectivity index (χ1n) is 10.9. The lowest BCUT2D eigenvalue weighted by Gasteiger charge is -2.25. The first-order valence-corrected chi connectivity index (χ1v) is 10.9. The fourth-order valence-electron chi connectivity index (χ4n) is 4.42. The molecule has 2 aromatic rings. The highest BCUT2D eigenvalue weighted by Crippen LogP contribution is 2.39. The normalized spacial score (nSPS) is 20.4. The average molecular weight is 421 g/mol. The second-order valence-corrected chi connectivity index (χ2v) is 8.39. The molecule has 4 rings (SSSR count). The topological polar surface area (TPSA) is 79.7 Å². The van der Waals surface area contributed by atoms with Crippen molar-refractivity contribution >= 4 is 17.4 Å². The number of pyridine rings is 1. The van der Waals surface area contributed by atoms with E-state index in [4.69, 9.17) is 4.74 Å². The maximum atomic E-state index is 13.0. The third-order valence-electron chi connectivity index (χ3n) is 5.95. The number of likely N-dealkylation sites (tertiary alicyclic amines) is 1. The molecule has 2 heterocycles. The van der Waals surface area contributed by atoms with Gasteiger partial charge in [-0.2, -0.15) is 0 Å². The van der Waals surface area contributed by atoms with Crippen molar-refractivity contribution in [3.8, 4) is 0 Å². The molecule has 6 heteroatoms. The lowest BCUT2D eigenvalue weighted by atomic mass is 9.89. The summed E-state index contributed by atoms with van der Waals surface area (Å²) in [6.07, 6.45) is 7.57. The van der Waals surface area contributed by atoms with Crippen molar-refractivity contribution in [1.82, 2.24) is 9.88 Å². The molecular formula is C25H28N2O4.